The highest BCUT2D eigenvalue weighted by molar-refractivity contribution is 5.91. The Balaban J connectivity index is 1.81. The van der Waals surface area contributed by atoms with Gasteiger partial charge in [-0.1, -0.05) is 13.3 Å². The number of nitrogens with zero attached hydrogens (tertiary/aromatic N) is 2. The number of H-pyrrole nitrogens is 1. The zero-order chi connectivity index (χ0) is 11.4. The summed E-state index contributed by atoms with van der Waals surface area (Å²) in [6.07, 6.45) is 7.32. The maximum absolute atomic E-state index is 11.7. The summed E-state index contributed by atoms with van der Waals surface area (Å²) < 4.78 is 0. The Hall–Kier alpha value is -1.39. The third kappa shape index (κ3) is 2.59. The van der Waals surface area contributed by atoms with E-state index in [1.165, 1.54) is 25.5 Å². The minimum atomic E-state index is -0.117. The van der Waals surface area contributed by atoms with Crippen molar-refractivity contribution in [3.8, 4) is 0 Å². The van der Waals surface area contributed by atoms with Gasteiger partial charge in [0, 0.05) is 6.04 Å². The second kappa shape index (κ2) is 5.09. The number of aromatic nitrogens is 3. The SMILES string of the molecule is CCC1CCC(NC(=O)c2cn[nH]n2)CC1. The summed E-state index contributed by atoms with van der Waals surface area (Å²) in [5.41, 5.74) is 0.373. The summed E-state index contributed by atoms with van der Waals surface area (Å²) >= 11 is 0. The van der Waals surface area contributed by atoms with Gasteiger partial charge in [-0.15, -0.1) is 0 Å². The van der Waals surface area contributed by atoms with Crippen molar-refractivity contribution in [2.75, 3.05) is 0 Å². The van der Waals surface area contributed by atoms with Crippen LogP contribution in [0.5, 0.6) is 0 Å². The van der Waals surface area contributed by atoms with Crippen LogP contribution in [0.1, 0.15) is 49.5 Å². The van der Waals surface area contributed by atoms with E-state index in [2.05, 4.69) is 27.7 Å². The van der Waals surface area contributed by atoms with E-state index in [0.717, 1.165) is 18.8 Å². The molecule has 1 fully saturated rings. The fourth-order valence-corrected chi connectivity index (χ4v) is 2.29. The fourth-order valence-electron chi connectivity index (χ4n) is 2.29. The van der Waals surface area contributed by atoms with Gasteiger partial charge in [0.2, 0.25) is 0 Å². The Kier molecular flexibility index (Phi) is 3.54. The topological polar surface area (TPSA) is 70.7 Å². The van der Waals surface area contributed by atoms with E-state index >= 15 is 0 Å². The fraction of sp³-hybridized carbons (Fsp3) is 0.727. The molecule has 1 amide bonds. The second-order valence-electron chi connectivity index (χ2n) is 4.45. The van der Waals surface area contributed by atoms with Crippen LogP contribution in [-0.2, 0) is 0 Å². The molecule has 2 rings (SSSR count). The minimum Gasteiger partial charge on any atom is -0.348 e. The Bertz CT molecular complexity index is 328. The van der Waals surface area contributed by atoms with Crippen molar-refractivity contribution >= 4 is 5.91 Å². The molecule has 0 aliphatic heterocycles. The summed E-state index contributed by atoms with van der Waals surface area (Å²) in [6.45, 7) is 2.24. The quantitative estimate of drug-likeness (QED) is 0.814. The van der Waals surface area contributed by atoms with E-state index in [1.54, 1.807) is 0 Å². The molecule has 0 aromatic carbocycles. The highest BCUT2D eigenvalue weighted by Crippen LogP contribution is 2.26. The lowest BCUT2D eigenvalue weighted by atomic mass is 9.84. The molecule has 1 aromatic heterocycles. The molecular formula is C11H18N4O. The highest BCUT2D eigenvalue weighted by atomic mass is 16.2. The van der Waals surface area contributed by atoms with Crippen LogP contribution in [-0.4, -0.2) is 27.4 Å². The van der Waals surface area contributed by atoms with Gasteiger partial charge >= 0.3 is 0 Å². The maximum Gasteiger partial charge on any atom is 0.273 e. The van der Waals surface area contributed by atoms with Crippen LogP contribution in [0.4, 0.5) is 0 Å². The number of carbonyl (C=O) groups excluding carboxylic acids is 1. The van der Waals surface area contributed by atoms with Gasteiger partial charge in [-0.25, -0.2) is 0 Å². The van der Waals surface area contributed by atoms with Crippen LogP contribution in [0.15, 0.2) is 6.20 Å². The lowest BCUT2D eigenvalue weighted by Crippen LogP contribution is -2.37. The molecule has 88 valence electrons. The molecule has 0 unspecified atom stereocenters. The van der Waals surface area contributed by atoms with Gasteiger partial charge < -0.3 is 5.32 Å². The molecule has 1 aromatic rings. The van der Waals surface area contributed by atoms with Crippen molar-refractivity contribution in [1.82, 2.24) is 20.7 Å². The van der Waals surface area contributed by atoms with Crippen LogP contribution in [0.2, 0.25) is 0 Å². The first-order valence-corrected chi connectivity index (χ1v) is 5.96. The van der Waals surface area contributed by atoms with Crippen molar-refractivity contribution in [2.45, 2.75) is 45.1 Å². The molecule has 5 nitrogen and oxygen atoms in total. The monoisotopic (exact) mass is 222 g/mol. The Morgan fingerprint density at radius 3 is 2.81 bits per heavy atom. The van der Waals surface area contributed by atoms with Crippen molar-refractivity contribution in [3.05, 3.63) is 11.9 Å². The zero-order valence-electron chi connectivity index (χ0n) is 9.57. The number of amides is 1. The lowest BCUT2D eigenvalue weighted by Gasteiger charge is -2.28. The molecular weight excluding hydrogens is 204 g/mol. The van der Waals surface area contributed by atoms with Crippen molar-refractivity contribution in [1.29, 1.82) is 0 Å². The van der Waals surface area contributed by atoms with Gasteiger partial charge in [0.1, 0.15) is 0 Å². The summed E-state index contributed by atoms with van der Waals surface area (Å²) in [5, 5.41) is 12.8. The molecule has 1 saturated carbocycles. The summed E-state index contributed by atoms with van der Waals surface area (Å²) in [6, 6.07) is 0.312. The van der Waals surface area contributed by atoms with Crippen molar-refractivity contribution in [2.24, 2.45) is 5.92 Å². The molecule has 0 saturated heterocycles. The number of hydrogen-bond acceptors (Lipinski definition) is 3. The normalized spacial score (nSPS) is 25.3. The van der Waals surface area contributed by atoms with Gasteiger partial charge in [0.05, 0.1) is 6.20 Å². The summed E-state index contributed by atoms with van der Waals surface area (Å²) in [4.78, 5) is 11.7. The van der Waals surface area contributed by atoms with Gasteiger partial charge in [0.15, 0.2) is 5.69 Å². The van der Waals surface area contributed by atoms with Gasteiger partial charge in [-0.2, -0.15) is 15.4 Å². The first-order chi connectivity index (χ1) is 7.79. The number of rotatable bonds is 3. The third-order valence-corrected chi connectivity index (χ3v) is 3.41. The van der Waals surface area contributed by atoms with Crippen LogP contribution in [0, 0.1) is 5.92 Å². The summed E-state index contributed by atoms with van der Waals surface area (Å²) in [5.74, 6) is 0.730. The number of hydrogen-bond donors (Lipinski definition) is 2. The van der Waals surface area contributed by atoms with Gasteiger partial charge in [0.25, 0.3) is 5.91 Å². The van der Waals surface area contributed by atoms with E-state index < -0.39 is 0 Å². The Labute approximate surface area is 95.0 Å². The van der Waals surface area contributed by atoms with E-state index in [-0.39, 0.29) is 5.91 Å². The molecule has 2 N–H and O–H groups in total. The standard InChI is InChI=1S/C11H18N4O/c1-2-8-3-5-9(6-4-8)13-11(16)10-7-12-15-14-10/h7-9H,2-6H2,1H3,(H,13,16)(H,12,14,15). The van der Waals surface area contributed by atoms with Crippen LogP contribution < -0.4 is 5.32 Å². The van der Waals surface area contributed by atoms with Crippen LogP contribution in [0.3, 0.4) is 0 Å². The smallest absolute Gasteiger partial charge is 0.273 e. The van der Waals surface area contributed by atoms with Crippen LogP contribution >= 0.6 is 0 Å². The van der Waals surface area contributed by atoms with E-state index in [1.807, 2.05) is 0 Å². The Morgan fingerprint density at radius 2 is 2.25 bits per heavy atom. The second-order valence-corrected chi connectivity index (χ2v) is 4.45. The Morgan fingerprint density at radius 1 is 1.50 bits per heavy atom. The molecule has 0 spiro atoms. The largest absolute Gasteiger partial charge is 0.348 e. The molecule has 5 heteroatoms. The predicted molar refractivity (Wildman–Crippen MR) is 59.9 cm³/mol. The first kappa shape index (κ1) is 11.1. The zero-order valence-corrected chi connectivity index (χ0v) is 9.57. The number of nitrogens with one attached hydrogen (secondary N) is 2. The molecule has 1 aliphatic carbocycles. The molecule has 0 atom stereocenters. The molecule has 1 heterocycles. The van der Waals surface area contributed by atoms with Gasteiger partial charge in [-0.05, 0) is 31.6 Å². The maximum atomic E-state index is 11.7. The average Bonchev–Trinajstić information content (AvgIpc) is 2.83. The summed E-state index contributed by atoms with van der Waals surface area (Å²) in [7, 11) is 0. The van der Waals surface area contributed by atoms with E-state index in [4.69, 9.17) is 0 Å². The predicted octanol–water partition coefficient (Wildman–Crippen LogP) is 1.50. The molecule has 1 aliphatic rings. The van der Waals surface area contributed by atoms with Crippen LogP contribution in [0.25, 0.3) is 0 Å². The molecule has 0 radical (unpaired) electrons. The van der Waals surface area contributed by atoms with Crippen molar-refractivity contribution in [3.63, 3.8) is 0 Å². The number of carbonyl (C=O) groups is 1. The van der Waals surface area contributed by atoms with E-state index in [0.29, 0.717) is 11.7 Å². The number of aromatic amines is 1. The minimum absolute atomic E-state index is 0.117. The van der Waals surface area contributed by atoms with E-state index in [9.17, 15) is 4.79 Å². The lowest BCUT2D eigenvalue weighted by molar-refractivity contribution is 0.0916. The van der Waals surface area contributed by atoms with Crippen molar-refractivity contribution < 1.29 is 4.79 Å². The average molecular weight is 222 g/mol. The highest BCUT2D eigenvalue weighted by Gasteiger charge is 2.22. The van der Waals surface area contributed by atoms with Gasteiger partial charge in [-0.3, -0.25) is 4.79 Å². The molecule has 0 bridgehead atoms. The molecule has 16 heavy (non-hydrogen) atoms. The third-order valence-electron chi connectivity index (χ3n) is 3.41. The first-order valence-electron chi connectivity index (χ1n) is 5.96.